The summed E-state index contributed by atoms with van der Waals surface area (Å²) in [6, 6.07) is 0. The van der Waals surface area contributed by atoms with Crippen LogP contribution in [-0.4, -0.2) is 56.3 Å². The molecule has 0 aromatic heterocycles. The van der Waals surface area contributed by atoms with Gasteiger partial charge in [0.2, 0.25) is 0 Å². The molecule has 0 aromatic rings. The Labute approximate surface area is 232 Å². The average molecular weight is 588 g/mol. The maximum atomic E-state index is 11.7. The van der Waals surface area contributed by atoms with Crippen molar-refractivity contribution < 1.29 is 30.0 Å². The fourth-order valence-corrected chi connectivity index (χ4v) is 10.0. The van der Waals surface area contributed by atoms with Crippen molar-refractivity contribution in [2.75, 3.05) is 11.9 Å². The van der Waals surface area contributed by atoms with Crippen LogP contribution in [0.5, 0.6) is 0 Å². The third kappa shape index (κ3) is 5.68. The topological polar surface area (TPSA) is 107 Å². The van der Waals surface area contributed by atoms with Gasteiger partial charge in [0.1, 0.15) is 0 Å². The molecule has 7 heteroatoms. The van der Waals surface area contributed by atoms with Crippen molar-refractivity contribution in [1.29, 1.82) is 0 Å². The van der Waals surface area contributed by atoms with E-state index in [0.717, 1.165) is 37.4 Å². The second-order valence-corrected chi connectivity index (χ2v) is 14.4. The molecule has 4 saturated carbocycles. The van der Waals surface area contributed by atoms with Gasteiger partial charge in [-0.2, -0.15) is 0 Å². The van der Waals surface area contributed by atoms with Crippen molar-refractivity contribution in [3.05, 3.63) is 0 Å². The zero-order chi connectivity index (χ0) is 27.0. The number of aliphatic hydroxyl groups is 3. The number of carboxylic acids is 1. The predicted molar refractivity (Wildman–Crippen MR) is 147 cm³/mol. The van der Waals surface area contributed by atoms with E-state index in [9.17, 15) is 25.2 Å². The molecule has 4 aliphatic rings. The first-order valence-corrected chi connectivity index (χ1v) is 16.1. The maximum Gasteiger partial charge on any atom is 0.303 e. The number of fused-ring (bicyclic) bond motifs is 5. The molecule has 4 rings (SSSR count). The predicted octanol–water partition coefficient (Wildman–Crippen LogP) is 5.75. The Balaban J connectivity index is 1.45. The molecule has 0 saturated heterocycles. The highest BCUT2D eigenvalue weighted by molar-refractivity contribution is 9.09. The van der Waals surface area contributed by atoms with E-state index in [-0.39, 0.29) is 52.8 Å². The summed E-state index contributed by atoms with van der Waals surface area (Å²) in [6.45, 7) is 7.30. The number of carboxylic acid groups (broad SMARTS) is 1. The number of hydrogen-bond donors (Lipinski definition) is 4. The fraction of sp³-hybridized carbons (Fsp3) is 0.967. The molecule has 0 radical (unpaired) electrons. The molecule has 0 unspecified atom stereocenters. The van der Waals surface area contributed by atoms with Crippen LogP contribution in [0.1, 0.15) is 104 Å². The molecule has 11 atom stereocenters. The highest BCUT2D eigenvalue weighted by Crippen LogP contribution is 2.69. The number of alkyl halides is 1. The highest BCUT2D eigenvalue weighted by atomic mass is 79.9. The first-order chi connectivity index (χ1) is 17.5. The molecule has 4 N–H and O–H groups in total. The van der Waals surface area contributed by atoms with Crippen molar-refractivity contribution in [3.63, 3.8) is 0 Å². The fourth-order valence-electron chi connectivity index (χ4n) is 9.61. The minimum Gasteiger partial charge on any atom is -0.481 e. The van der Waals surface area contributed by atoms with Gasteiger partial charge >= 0.3 is 5.97 Å². The van der Waals surface area contributed by atoms with Crippen molar-refractivity contribution in [3.8, 4) is 0 Å². The van der Waals surface area contributed by atoms with Crippen molar-refractivity contribution >= 4 is 21.9 Å². The van der Waals surface area contributed by atoms with Crippen molar-refractivity contribution in [1.82, 2.24) is 0 Å². The Kier molecular flexibility index (Phi) is 9.43. The summed E-state index contributed by atoms with van der Waals surface area (Å²) < 4.78 is 6.07. The lowest BCUT2D eigenvalue weighted by Gasteiger charge is -2.64. The maximum absolute atomic E-state index is 11.7. The number of hydrogen-bond acceptors (Lipinski definition) is 5. The summed E-state index contributed by atoms with van der Waals surface area (Å²) in [5.41, 5.74) is -0.304. The summed E-state index contributed by atoms with van der Waals surface area (Å²) >= 11 is 3.47. The van der Waals surface area contributed by atoms with E-state index in [1.54, 1.807) is 0 Å². The molecule has 37 heavy (non-hydrogen) atoms. The van der Waals surface area contributed by atoms with Crippen LogP contribution in [0.4, 0.5) is 0 Å². The number of aliphatic hydroxyl groups excluding tert-OH is 2. The van der Waals surface area contributed by atoms with Gasteiger partial charge in [-0.05, 0) is 97.7 Å². The molecular formula is C30H51BrO6. The average Bonchev–Trinajstić information content (AvgIpc) is 3.20. The second kappa shape index (κ2) is 11.7. The van der Waals surface area contributed by atoms with Crippen LogP contribution in [0.3, 0.4) is 0 Å². The van der Waals surface area contributed by atoms with Crippen LogP contribution in [-0.2, 0) is 9.53 Å². The van der Waals surface area contributed by atoms with E-state index in [2.05, 4.69) is 36.7 Å². The highest BCUT2D eigenvalue weighted by Gasteiger charge is 2.66. The van der Waals surface area contributed by atoms with Crippen LogP contribution in [0.2, 0.25) is 0 Å². The molecule has 0 amide bonds. The van der Waals surface area contributed by atoms with Crippen molar-refractivity contribution in [2.24, 2.45) is 46.3 Å². The van der Waals surface area contributed by atoms with Crippen LogP contribution in [0, 0.1) is 46.3 Å². The lowest BCUT2D eigenvalue weighted by Crippen LogP contribution is -2.63. The summed E-state index contributed by atoms with van der Waals surface area (Å²) in [5, 5.41) is 44.8. The van der Waals surface area contributed by atoms with Crippen LogP contribution in [0.25, 0.3) is 0 Å². The summed E-state index contributed by atoms with van der Waals surface area (Å²) in [5.74, 6) is -0.515. The summed E-state index contributed by atoms with van der Waals surface area (Å²) in [4.78, 5) is 11.2. The summed E-state index contributed by atoms with van der Waals surface area (Å²) in [6.07, 6.45) is 9.77. The minimum atomic E-state index is -1.11. The molecule has 0 bridgehead atoms. The molecule has 6 nitrogen and oxygen atoms in total. The molecular weight excluding hydrogens is 536 g/mol. The Hall–Kier alpha value is -0.210. The van der Waals surface area contributed by atoms with E-state index < -0.39 is 24.0 Å². The standard InChI is InChI=1S/C30H51BrO6/c1-19(8-11-26(34)35)21-9-10-22-27-23(17-25(33)29(21,22)3)28(2)12-13-30(36,18-20(28)16-24(27)32)37-15-7-5-4-6-14-31/h19-25,27,32-33,36H,4-18H2,1-3H3,(H,34,35)/t19-,20-,21-,22+,23+,24-,25+,27+,28+,29-,30+/m1/s1. The monoisotopic (exact) mass is 586 g/mol. The Morgan fingerprint density at radius 3 is 2.49 bits per heavy atom. The van der Waals surface area contributed by atoms with Gasteiger partial charge in [-0.1, -0.05) is 49.5 Å². The van der Waals surface area contributed by atoms with Gasteiger partial charge in [0.05, 0.1) is 18.8 Å². The van der Waals surface area contributed by atoms with E-state index in [4.69, 9.17) is 4.74 Å². The Morgan fingerprint density at radius 1 is 1.05 bits per heavy atom. The van der Waals surface area contributed by atoms with Crippen LogP contribution in [0.15, 0.2) is 0 Å². The third-order valence-corrected chi connectivity index (χ3v) is 12.3. The van der Waals surface area contributed by atoms with Crippen molar-refractivity contribution in [2.45, 2.75) is 122 Å². The molecule has 0 aliphatic heterocycles. The smallest absolute Gasteiger partial charge is 0.303 e. The van der Waals surface area contributed by atoms with E-state index in [1.165, 1.54) is 12.8 Å². The minimum absolute atomic E-state index is 0.0231. The number of halogens is 1. The van der Waals surface area contributed by atoms with E-state index in [1.807, 2.05) is 0 Å². The molecule has 214 valence electrons. The van der Waals surface area contributed by atoms with E-state index in [0.29, 0.717) is 38.7 Å². The van der Waals surface area contributed by atoms with Crippen LogP contribution < -0.4 is 0 Å². The van der Waals surface area contributed by atoms with Gasteiger partial charge < -0.3 is 25.2 Å². The van der Waals surface area contributed by atoms with Gasteiger partial charge in [-0.3, -0.25) is 4.79 Å². The lowest BCUT2D eigenvalue weighted by atomic mass is 9.43. The largest absolute Gasteiger partial charge is 0.481 e. The van der Waals surface area contributed by atoms with Gasteiger partial charge in [0, 0.05) is 24.6 Å². The second-order valence-electron chi connectivity index (χ2n) is 13.6. The van der Waals surface area contributed by atoms with E-state index >= 15 is 0 Å². The van der Waals surface area contributed by atoms with Crippen LogP contribution >= 0.6 is 15.9 Å². The SMILES string of the molecule is C[C@H](CCC(=O)O)[C@H]1CC[C@H]2[C@@H]3[C@H](O)C[C@@H]4C[C@@](O)(OCCCCCCBr)CC[C@]4(C)[C@H]3C[C@H](O)[C@]12C. The first-order valence-electron chi connectivity index (χ1n) is 15.0. The zero-order valence-electron chi connectivity index (χ0n) is 23.2. The third-order valence-electron chi connectivity index (χ3n) is 11.8. The zero-order valence-corrected chi connectivity index (χ0v) is 24.8. The van der Waals surface area contributed by atoms with Gasteiger partial charge in [-0.15, -0.1) is 0 Å². The lowest BCUT2D eigenvalue weighted by molar-refractivity contribution is -0.273. The number of carbonyl (C=O) groups is 1. The van der Waals surface area contributed by atoms with Gasteiger partial charge in [0.25, 0.3) is 0 Å². The summed E-state index contributed by atoms with van der Waals surface area (Å²) in [7, 11) is 0. The number of aliphatic carboxylic acids is 1. The molecule has 0 heterocycles. The number of rotatable bonds is 11. The molecule has 4 aliphatic carbocycles. The molecule has 4 fully saturated rings. The van der Waals surface area contributed by atoms with Gasteiger partial charge in [-0.25, -0.2) is 0 Å². The van der Waals surface area contributed by atoms with Gasteiger partial charge in [0.15, 0.2) is 5.79 Å². The Bertz CT molecular complexity index is 794. The Morgan fingerprint density at radius 2 is 1.78 bits per heavy atom. The quantitative estimate of drug-likeness (QED) is 0.139. The molecule has 0 aromatic carbocycles. The number of ether oxygens (including phenoxy) is 1. The molecule has 0 spiro atoms. The number of unbranched alkanes of at least 4 members (excludes halogenated alkanes) is 3. The first kappa shape index (κ1) is 29.8. The normalized spacial score (nSPS) is 46.1.